The highest BCUT2D eigenvalue weighted by molar-refractivity contribution is 5.95. The fourth-order valence-electron chi connectivity index (χ4n) is 1.62. The fourth-order valence-corrected chi connectivity index (χ4v) is 1.62. The number of aromatic nitrogens is 1. The van der Waals surface area contributed by atoms with E-state index in [4.69, 9.17) is 5.26 Å². The molecule has 106 valence electrons. The van der Waals surface area contributed by atoms with E-state index in [1.807, 2.05) is 19.9 Å². The van der Waals surface area contributed by atoms with Crippen LogP contribution in [-0.2, 0) is 4.79 Å². The van der Waals surface area contributed by atoms with E-state index in [1.165, 1.54) is 23.2 Å². The van der Waals surface area contributed by atoms with Crippen LogP contribution in [0.15, 0.2) is 18.3 Å². The monoisotopic (exact) mass is 274 g/mol. The first-order valence-electron chi connectivity index (χ1n) is 6.42. The predicted octanol–water partition coefficient (Wildman–Crippen LogP) is 0.940. The fraction of sp³-hybridized carbons (Fsp3) is 0.429. The first-order chi connectivity index (χ1) is 9.47. The van der Waals surface area contributed by atoms with E-state index < -0.39 is 0 Å². The lowest BCUT2D eigenvalue weighted by atomic mass is 10.2. The van der Waals surface area contributed by atoms with Gasteiger partial charge in [0.1, 0.15) is 11.8 Å². The molecule has 0 saturated carbocycles. The number of nitrogens with one attached hydrogen (secondary N) is 1. The molecule has 1 aromatic rings. The molecule has 20 heavy (non-hydrogen) atoms. The minimum Gasteiger partial charge on any atom is -0.352 e. The van der Waals surface area contributed by atoms with Crippen LogP contribution in [0, 0.1) is 11.3 Å². The third kappa shape index (κ3) is 4.35. The molecule has 1 aromatic heterocycles. The maximum absolute atomic E-state index is 12.2. The molecule has 1 N–H and O–H groups in total. The van der Waals surface area contributed by atoms with Gasteiger partial charge in [0.25, 0.3) is 5.91 Å². The maximum Gasteiger partial charge on any atom is 0.272 e. The molecule has 0 aliphatic carbocycles. The second kappa shape index (κ2) is 7.24. The van der Waals surface area contributed by atoms with E-state index in [9.17, 15) is 9.59 Å². The van der Waals surface area contributed by atoms with Crippen molar-refractivity contribution in [3.63, 3.8) is 0 Å². The lowest BCUT2D eigenvalue weighted by Gasteiger charge is -2.20. The van der Waals surface area contributed by atoms with Crippen LogP contribution in [0.1, 0.15) is 36.8 Å². The number of likely N-dealkylation sites (N-methyl/N-ethyl adjacent to an activating group) is 1. The van der Waals surface area contributed by atoms with E-state index in [0.29, 0.717) is 12.1 Å². The summed E-state index contributed by atoms with van der Waals surface area (Å²) in [5.41, 5.74) is 0.616. The second-order valence-corrected chi connectivity index (χ2v) is 4.59. The summed E-state index contributed by atoms with van der Waals surface area (Å²) in [6.07, 6.45) is 1.34. The third-order valence-corrected chi connectivity index (χ3v) is 2.56. The molecule has 6 nitrogen and oxygen atoms in total. The molecule has 0 unspecified atom stereocenters. The molecular weight excluding hydrogens is 256 g/mol. The molecule has 0 aromatic carbocycles. The Balaban J connectivity index is 2.76. The molecular formula is C14H18N4O2. The number of hydrogen-bond acceptors (Lipinski definition) is 4. The molecule has 0 bridgehead atoms. The third-order valence-electron chi connectivity index (χ3n) is 2.56. The van der Waals surface area contributed by atoms with Crippen LogP contribution in [0.25, 0.3) is 0 Å². The summed E-state index contributed by atoms with van der Waals surface area (Å²) in [4.78, 5) is 29.2. The number of amides is 2. The number of carbonyl (C=O) groups excluding carboxylic acids is 2. The van der Waals surface area contributed by atoms with Crippen LogP contribution < -0.4 is 5.32 Å². The van der Waals surface area contributed by atoms with Crippen molar-refractivity contribution < 1.29 is 9.59 Å². The van der Waals surface area contributed by atoms with Crippen molar-refractivity contribution in [2.45, 2.75) is 26.8 Å². The average Bonchev–Trinajstić information content (AvgIpc) is 2.43. The lowest BCUT2D eigenvalue weighted by molar-refractivity contribution is -0.122. The Labute approximate surface area is 118 Å². The van der Waals surface area contributed by atoms with Crippen molar-refractivity contribution in [2.75, 3.05) is 13.1 Å². The summed E-state index contributed by atoms with van der Waals surface area (Å²) < 4.78 is 0. The zero-order valence-electron chi connectivity index (χ0n) is 11.9. The Morgan fingerprint density at radius 2 is 2.15 bits per heavy atom. The highest BCUT2D eigenvalue weighted by atomic mass is 16.2. The first-order valence-corrected chi connectivity index (χ1v) is 6.42. The molecule has 6 heteroatoms. The Hall–Kier alpha value is -2.42. The molecule has 0 radical (unpaired) electrons. The number of hydrogen-bond donors (Lipinski definition) is 1. The highest BCUT2D eigenvalue weighted by Gasteiger charge is 2.18. The van der Waals surface area contributed by atoms with Gasteiger partial charge >= 0.3 is 0 Å². The van der Waals surface area contributed by atoms with Crippen molar-refractivity contribution in [1.82, 2.24) is 15.2 Å². The standard InChI is InChI=1S/C14H18N4O2/c1-4-18(9-13(19)17-10(2)3)14(20)12-6-5-11(7-15)8-16-12/h5-6,8,10H,4,9H2,1-3H3,(H,17,19). The Kier molecular flexibility index (Phi) is 5.66. The van der Waals surface area contributed by atoms with Gasteiger partial charge in [0.05, 0.1) is 12.1 Å². The van der Waals surface area contributed by atoms with Crippen molar-refractivity contribution in [3.05, 3.63) is 29.6 Å². The van der Waals surface area contributed by atoms with Crippen LogP contribution in [-0.4, -0.2) is 40.8 Å². The average molecular weight is 274 g/mol. The largest absolute Gasteiger partial charge is 0.352 e. The topological polar surface area (TPSA) is 86.1 Å². The molecule has 0 aliphatic rings. The van der Waals surface area contributed by atoms with Crippen LogP contribution in [0.2, 0.25) is 0 Å². The van der Waals surface area contributed by atoms with Crippen LogP contribution in [0.5, 0.6) is 0 Å². The molecule has 0 atom stereocenters. The van der Waals surface area contributed by atoms with Crippen LogP contribution in [0.3, 0.4) is 0 Å². The van der Waals surface area contributed by atoms with Gasteiger partial charge in [-0.05, 0) is 32.9 Å². The minimum atomic E-state index is -0.323. The smallest absolute Gasteiger partial charge is 0.272 e. The normalized spacial score (nSPS) is 9.95. The van der Waals surface area contributed by atoms with Crippen molar-refractivity contribution in [3.8, 4) is 6.07 Å². The number of carbonyl (C=O) groups is 2. The van der Waals surface area contributed by atoms with Crippen LogP contribution >= 0.6 is 0 Å². The molecule has 0 fully saturated rings. The van der Waals surface area contributed by atoms with E-state index in [0.717, 1.165) is 0 Å². The van der Waals surface area contributed by atoms with Gasteiger partial charge < -0.3 is 10.2 Å². The van der Waals surface area contributed by atoms with Crippen molar-refractivity contribution in [1.29, 1.82) is 5.26 Å². The van der Waals surface area contributed by atoms with Gasteiger partial charge in [0.2, 0.25) is 5.91 Å². The highest BCUT2D eigenvalue weighted by Crippen LogP contribution is 2.03. The van der Waals surface area contributed by atoms with E-state index >= 15 is 0 Å². The van der Waals surface area contributed by atoms with E-state index in [1.54, 1.807) is 6.92 Å². The number of pyridine rings is 1. The Bertz CT molecular complexity index is 517. The Morgan fingerprint density at radius 3 is 2.60 bits per heavy atom. The minimum absolute atomic E-state index is 0.00477. The second-order valence-electron chi connectivity index (χ2n) is 4.59. The summed E-state index contributed by atoms with van der Waals surface area (Å²) in [6.45, 7) is 5.92. The van der Waals surface area contributed by atoms with Crippen molar-refractivity contribution in [2.24, 2.45) is 0 Å². The number of nitriles is 1. The van der Waals surface area contributed by atoms with Crippen molar-refractivity contribution >= 4 is 11.8 Å². The summed E-state index contributed by atoms with van der Waals surface area (Å²) in [5, 5.41) is 11.4. The summed E-state index contributed by atoms with van der Waals surface area (Å²) >= 11 is 0. The number of rotatable bonds is 5. The zero-order valence-corrected chi connectivity index (χ0v) is 11.9. The molecule has 0 aliphatic heterocycles. The van der Waals surface area contributed by atoms with Gasteiger partial charge in [-0.15, -0.1) is 0 Å². The molecule has 0 spiro atoms. The van der Waals surface area contributed by atoms with Gasteiger partial charge in [-0.1, -0.05) is 0 Å². The van der Waals surface area contributed by atoms with Gasteiger partial charge in [-0.25, -0.2) is 4.98 Å². The van der Waals surface area contributed by atoms with E-state index in [2.05, 4.69) is 10.3 Å². The summed E-state index contributed by atoms with van der Waals surface area (Å²) in [6, 6.07) is 4.99. The molecule has 2 amide bonds. The molecule has 1 heterocycles. The van der Waals surface area contributed by atoms with E-state index in [-0.39, 0.29) is 30.1 Å². The SMILES string of the molecule is CCN(CC(=O)NC(C)C)C(=O)c1ccc(C#N)cn1. The molecule has 1 rings (SSSR count). The quantitative estimate of drug-likeness (QED) is 0.865. The van der Waals surface area contributed by atoms with Crippen LogP contribution in [0.4, 0.5) is 0 Å². The summed E-state index contributed by atoms with van der Waals surface area (Å²) in [5.74, 6) is -0.528. The molecule has 0 saturated heterocycles. The lowest BCUT2D eigenvalue weighted by Crippen LogP contribution is -2.42. The van der Waals surface area contributed by atoms with Gasteiger partial charge in [-0.2, -0.15) is 5.26 Å². The van der Waals surface area contributed by atoms with Gasteiger partial charge in [-0.3, -0.25) is 9.59 Å². The first kappa shape index (κ1) is 15.6. The Morgan fingerprint density at radius 1 is 1.45 bits per heavy atom. The predicted molar refractivity (Wildman–Crippen MR) is 73.8 cm³/mol. The number of nitrogens with zero attached hydrogens (tertiary/aromatic N) is 3. The zero-order chi connectivity index (χ0) is 15.1. The summed E-state index contributed by atoms with van der Waals surface area (Å²) in [7, 11) is 0. The maximum atomic E-state index is 12.2. The van der Waals surface area contributed by atoms with Gasteiger partial charge in [0, 0.05) is 18.8 Å². The van der Waals surface area contributed by atoms with Gasteiger partial charge in [0.15, 0.2) is 0 Å².